The van der Waals surface area contributed by atoms with Gasteiger partial charge in [0.05, 0.1) is 25.4 Å². The van der Waals surface area contributed by atoms with E-state index < -0.39 is 49.5 Å². The molecule has 0 radical (unpaired) electrons. The highest BCUT2D eigenvalue weighted by Gasteiger charge is 2.44. The number of hydrogen-bond acceptors (Lipinski definition) is 8. The third-order valence-corrected chi connectivity index (χ3v) is 14.9. The lowest BCUT2D eigenvalue weighted by atomic mass is 9.99. The summed E-state index contributed by atoms with van der Waals surface area (Å²) in [4.78, 5) is 13.0. The molecular formula is C60H117NO8. The molecular weight excluding hydrogens is 863 g/mol. The summed E-state index contributed by atoms with van der Waals surface area (Å²) in [6.07, 6.45) is 56.0. The van der Waals surface area contributed by atoms with Gasteiger partial charge in [0.15, 0.2) is 6.29 Å². The number of rotatable bonds is 53. The molecule has 2 unspecified atom stereocenters. The smallest absolute Gasteiger partial charge is 0.220 e. The Morgan fingerprint density at radius 1 is 0.478 bits per heavy atom. The SMILES string of the molecule is CCCCCCCCCCCCC/C=C/[C@@H](O)[C@H](CO[C@@H]1O[C@H](CO)[C@@H](O)C(O)C1O)NC(=O)CCCCCCCCCCCCCCCCCCCCCCCCCCCCCCCCCCC. The Morgan fingerprint density at radius 3 is 1.13 bits per heavy atom. The maximum Gasteiger partial charge on any atom is 0.220 e. The minimum atomic E-state index is -1.56. The van der Waals surface area contributed by atoms with Gasteiger partial charge in [-0.25, -0.2) is 0 Å². The quantitative estimate of drug-likeness (QED) is 0.0261. The Hall–Kier alpha value is -1.07. The van der Waals surface area contributed by atoms with E-state index in [0.717, 1.165) is 38.5 Å². The monoisotopic (exact) mass is 980 g/mol. The lowest BCUT2D eigenvalue weighted by Gasteiger charge is -2.40. The fourth-order valence-electron chi connectivity index (χ4n) is 10.0. The van der Waals surface area contributed by atoms with Crippen LogP contribution in [0.15, 0.2) is 12.2 Å². The molecule has 1 aliphatic rings. The molecule has 410 valence electrons. The van der Waals surface area contributed by atoms with Gasteiger partial charge in [0.25, 0.3) is 0 Å². The molecule has 9 heteroatoms. The van der Waals surface area contributed by atoms with Crippen molar-refractivity contribution in [3.05, 3.63) is 12.2 Å². The number of amides is 1. The molecule has 0 spiro atoms. The third-order valence-electron chi connectivity index (χ3n) is 14.9. The van der Waals surface area contributed by atoms with Gasteiger partial charge in [-0.05, 0) is 19.3 Å². The summed E-state index contributed by atoms with van der Waals surface area (Å²) < 4.78 is 11.3. The first kappa shape index (κ1) is 65.9. The predicted octanol–water partition coefficient (Wildman–Crippen LogP) is 15.2. The van der Waals surface area contributed by atoms with E-state index in [-0.39, 0.29) is 12.5 Å². The number of allylic oxidation sites excluding steroid dienone is 1. The number of ether oxygens (including phenoxy) is 2. The van der Waals surface area contributed by atoms with Gasteiger partial charge >= 0.3 is 0 Å². The van der Waals surface area contributed by atoms with Gasteiger partial charge in [-0.3, -0.25) is 4.79 Å². The van der Waals surface area contributed by atoms with Gasteiger partial charge in [-0.15, -0.1) is 0 Å². The highest BCUT2D eigenvalue weighted by Crippen LogP contribution is 2.23. The molecule has 0 bridgehead atoms. The summed E-state index contributed by atoms with van der Waals surface area (Å²) in [5.74, 6) is -0.170. The lowest BCUT2D eigenvalue weighted by molar-refractivity contribution is -0.302. The topological polar surface area (TPSA) is 149 Å². The van der Waals surface area contributed by atoms with Gasteiger partial charge in [-0.1, -0.05) is 296 Å². The Kier molecular flexibility index (Phi) is 48.2. The standard InChI is InChI=1S/C60H117NO8/c1-3-5-7-9-11-13-15-17-18-19-20-21-22-23-24-25-26-27-28-29-30-31-32-33-34-35-36-38-40-42-44-46-48-50-56(64)61-53(52-68-60-59(67)58(66)57(65)55(51-62)69-60)54(63)49-47-45-43-41-39-37-16-14-12-10-8-6-4-2/h47,49,53-55,57-60,62-63,65-67H,3-46,48,50-52H2,1-2H3,(H,61,64)/b49-47+/t53-,54+,55+,57+,58?,59?,60+/m0/s1. The van der Waals surface area contributed by atoms with Crippen LogP contribution in [0.4, 0.5) is 0 Å². The second kappa shape index (κ2) is 50.5. The maximum atomic E-state index is 13.0. The van der Waals surface area contributed by atoms with E-state index in [2.05, 4.69) is 19.2 Å². The molecule has 1 fully saturated rings. The number of aliphatic hydroxyl groups excluding tert-OH is 5. The number of hydrogen-bond donors (Lipinski definition) is 6. The van der Waals surface area contributed by atoms with Crippen molar-refractivity contribution in [3.63, 3.8) is 0 Å². The lowest BCUT2D eigenvalue weighted by Crippen LogP contribution is -2.60. The van der Waals surface area contributed by atoms with Gasteiger partial charge in [0.1, 0.15) is 24.4 Å². The van der Waals surface area contributed by atoms with Crippen molar-refractivity contribution in [1.82, 2.24) is 5.32 Å². The van der Waals surface area contributed by atoms with Crippen LogP contribution in [0, 0.1) is 0 Å². The molecule has 0 aromatic heterocycles. The molecule has 7 atom stereocenters. The Balaban J connectivity index is 2.07. The molecule has 0 aromatic carbocycles. The Bertz CT molecular complexity index is 1090. The van der Waals surface area contributed by atoms with E-state index in [9.17, 15) is 30.3 Å². The molecule has 0 aromatic rings. The van der Waals surface area contributed by atoms with E-state index in [1.807, 2.05) is 6.08 Å². The average Bonchev–Trinajstić information content (AvgIpc) is 3.35. The normalized spacial score (nSPS) is 19.4. The van der Waals surface area contributed by atoms with Gasteiger partial charge in [-0.2, -0.15) is 0 Å². The zero-order valence-electron chi connectivity index (χ0n) is 45.6. The van der Waals surface area contributed by atoms with Crippen LogP contribution < -0.4 is 5.32 Å². The van der Waals surface area contributed by atoms with E-state index in [4.69, 9.17) is 9.47 Å². The van der Waals surface area contributed by atoms with Crippen molar-refractivity contribution >= 4 is 5.91 Å². The Labute approximate surface area is 426 Å². The number of aliphatic hydroxyl groups is 5. The summed E-state index contributed by atoms with van der Waals surface area (Å²) in [7, 11) is 0. The maximum absolute atomic E-state index is 13.0. The summed E-state index contributed by atoms with van der Waals surface area (Å²) in [5, 5.41) is 54.4. The summed E-state index contributed by atoms with van der Waals surface area (Å²) in [5.41, 5.74) is 0. The molecule has 1 saturated heterocycles. The molecule has 0 aliphatic carbocycles. The van der Waals surface area contributed by atoms with E-state index in [1.165, 1.54) is 250 Å². The molecule has 1 aliphatic heterocycles. The molecule has 1 heterocycles. The number of nitrogens with one attached hydrogen (secondary N) is 1. The van der Waals surface area contributed by atoms with Gasteiger partial charge in [0, 0.05) is 6.42 Å². The van der Waals surface area contributed by atoms with E-state index in [1.54, 1.807) is 6.08 Å². The molecule has 69 heavy (non-hydrogen) atoms. The highest BCUT2D eigenvalue weighted by atomic mass is 16.7. The van der Waals surface area contributed by atoms with Crippen LogP contribution in [0.1, 0.15) is 309 Å². The van der Waals surface area contributed by atoms with Crippen LogP contribution in [0.3, 0.4) is 0 Å². The highest BCUT2D eigenvalue weighted by molar-refractivity contribution is 5.76. The fraction of sp³-hybridized carbons (Fsp3) is 0.950. The molecule has 0 saturated carbocycles. The van der Waals surface area contributed by atoms with Crippen LogP contribution >= 0.6 is 0 Å². The zero-order valence-corrected chi connectivity index (χ0v) is 45.6. The van der Waals surface area contributed by atoms with Crippen LogP contribution in [0.25, 0.3) is 0 Å². The predicted molar refractivity (Wildman–Crippen MR) is 291 cm³/mol. The summed E-state index contributed by atoms with van der Waals surface area (Å²) in [6, 6.07) is -0.799. The van der Waals surface area contributed by atoms with Crippen molar-refractivity contribution < 1.29 is 39.8 Å². The van der Waals surface area contributed by atoms with Crippen molar-refractivity contribution in [3.8, 4) is 0 Å². The summed E-state index contributed by atoms with van der Waals surface area (Å²) >= 11 is 0. The van der Waals surface area contributed by atoms with Gasteiger partial charge < -0.3 is 40.3 Å². The largest absolute Gasteiger partial charge is 0.394 e. The molecule has 1 amide bonds. The van der Waals surface area contributed by atoms with Gasteiger partial charge in [0.2, 0.25) is 5.91 Å². The fourth-order valence-corrected chi connectivity index (χ4v) is 10.0. The van der Waals surface area contributed by atoms with Crippen molar-refractivity contribution in [2.75, 3.05) is 13.2 Å². The molecule has 9 nitrogen and oxygen atoms in total. The second-order valence-corrected chi connectivity index (χ2v) is 21.5. The molecule has 1 rings (SSSR count). The first-order valence-corrected chi connectivity index (χ1v) is 30.4. The average molecular weight is 981 g/mol. The van der Waals surface area contributed by atoms with Crippen LogP contribution in [-0.2, 0) is 14.3 Å². The number of carbonyl (C=O) groups is 1. The van der Waals surface area contributed by atoms with Crippen LogP contribution in [0.5, 0.6) is 0 Å². The molecule has 6 N–H and O–H groups in total. The van der Waals surface area contributed by atoms with Crippen molar-refractivity contribution in [2.45, 2.75) is 352 Å². The van der Waals surface area contributed by atoms with E-state index >= 15 is 0 Å². The van der Waals surface area contributed by atoms with Crippen LogP contribution in [0.2, 0.25) is 0 Å². The van der Waals surface area contributed by atoms with Crippen LogP contribution in [-0.4, -0.2) is 87.5 Å². The van der Waals surface area contributed by atoms with E-state index in [0.29, 0.717) is 6.42 Å². The number of unbranched alkanes of at least 4 members (excludes halogenated alkanes) is 43. The minimum absolute atomic E-state index is 0.170. The van der Waals surface area contributed by atoms with Crippen molar-refractivity contribution in [2.24, 2.45) is 0 Å². The minimum Gasteiger partial charge on any atom is -0.394 e. The second-order valence-electron chi connectivity index (χ2n) is 21.5. The number of carbonyl (C=O) groups excluding carboxylic acids is 1. The Morgan fingerprint density at radius 2 is 0.797 bits per heavy atom. The summed E-state index contributed by atoms with van der Waals surface area (Å²) in [6.45, 7) is 3.81. The zero-order chi connectivity index (χ0) is 50.1. The van der Waals surface area contributed by atoms with Crippen molar-refractivity contribution in [1.29, 1.82) is 0 Å². The third kappa shape index (κ3) is 40.1. The first-order valence-electron chi connectivity index (χ1n) is 30.4. The first-order chi connectivity index (χ1) is 33.8.